The van der Waals surface area contributed by atoms with Gasteiger partial charge in [-0.25, -0.2) is 4.39 Å². The van der Waals surface area contributed by atoms with E-state index in [1.165, 1.54) is 24.3 Å². The number of piperazine rings is 1. The number of hydrogen-bond acceptors (Lipinski definition) is 9. The number of carbonyl (C=O) groups is 1. The molecule has 0 saturated carbocycles. The van der Waals surface area contributed by atoms with Gasteiger partial charge in [0.25, 0.3) is 0 Å². The molecule has 0 spiro atoms. The summed E-state index contributed by atoms with van der Waals surface area (Å²) in [6.07, 6.45) is 3.66. The first-order valence-corrected chi connectivity index (χ1v) is 13.8. The first-order chi connectivity index (χ1) is 19.3. The smallest absolute Gasteiger partial charge is 0.318 e. The quantitative estimate of drug-likeness (QED) is 0.497. The summed E-state index contributed by atoms with van der Waals surface area (Å²) in [5.41, 5.74) is 1.95. The largest absolute Gasteiger partial charge is 0.508 e. The fourth-order valence-corrected chi connectivity index (χ4v) is 6.06. The number of aromatic hydroxyl groups is 1. The van der Waals surface area contributed by atoms with E-state index in [0.717, 1.165) is 30.6 Å². The van der Waals surface area contributed by atoms with Crippen LogP contribution in [0.1, 0.15) is 49.0 Å². The number of benzene rings is 1. The lowest BCUT2D eigenvalue weighted by Crippen LogP contribution is -2.55. The first kappa shape index (κ1) is 27.8. The minimum atomic E-state index is -0.457. The molecule has 2 fully saturated rings. The summed E-state index contributed by atoms with van der Waals surface area (Å²) in [6, 6.07) is 6.41. The Kier molecular flexibility index (Phi) is 8.19. The molecular weight excluding hydrogens is 513 g/mol. The number of carbonyl (C=O) groups excluding carboxylic acids is 1. The molecule has 3 atom stereocenters. The van der Waals surface area contributed by atoms with Gasteiger partial charge >= 0.3 is 6.01 Å². The van der Waals surface area contributed by atoms with E-state index in [4.69, 9.17) is 14.7 Å². The SMILES string of the molecule is C=CC(=O)N1CCN(c2nc(OC[C@@H]3CCCN3C)nc3c2CN(C(C)c2c(O)cccc2F)C3)C[C@@H]1CC#N. The van der Waals surface area contributed by atoms with E-state index in [1.807, 2.05) is 6.92 Å². The second-order valence-electron chi connectivity index (χ2n) is 10.8. The second-order valence-corrected chi connectivity index (χ2v) is 10.8. The van der Waals surface area contributed by atoms with E-state index in [-0.39, 0.29) is 29.7 Å². The van der Waals surface area contributed by atoms with E-state index in [9.17, 15) is 19.6 Å². The number of halogens is 1. The minimum Gasteiger partial charge on any atom is -0.508 e. The number of phenols is 1. The van der Waals surface area contributed by atoms with E-state index >= 15 is 0 Å². The number of phenolic OH excluding ortho intramolecular Hbond substituents is 1. The third kappa shape index (κ3) is 5.46. The van der Waals surface area contributed by atoms with Crippen LogP contribution < -0.4 is 9.64 Å². The molecule has 3 aliphatic rings. The van der Waals surface area contributed by atoms with E-state index in [0.29, 0.717) is 57.2 Å². The van der Waals surface area contributed by atoms with Crippen LogP contribution in [0.5, 0.6) is 11.8 Å². The molecule has 1 aromatic carbocycles. The van der Waals surface area contributed by atoms with Crippen molar-refractivity contribution in [1.29, 1.82) is 5.26 Å². The molecule has 2 aromatic rings. The van der Waals surface area contributed by atoms with Gasteiger partial charge in [0.2, 0.25) is 5.91 Å². The third-order valence-electron chi connectivity index (χ3n) is 8.40. The summed E-state index contributed by atoms with van der Waals surface area (Å²) in [6.45, 7) is 9.29. The number of rotatable bonds is 8. The van der Waals surface area contributed by atoms with Gasteiger partial charge in [-0.1, -0.05) is 12.6 Å². The molecule has 1 amide bonds. The highest BCUT2D eigenvalue weighted by Gasteiger charge is 2.36. The fraction of sp³-hybridized carbons (Fsp3) is 0.517. The third-order valence-corrected chi connectivity index (χ3v) is 8.40. The minimum absolute atomic E-state index is 0.0816. The van der Waals surface area contributed by atoms with Crippen LogP contribution in [0.3, 0.4) is 0 Å². The van der Waals surface area contributed by atoms with Gasteiger partial charge in [-0.3, -0.25) is 9.69 Å². The van der Waals surface area contributed by atoms with Crippen LogP contribution in [-0.4, -0.2) is 87.6 Å². The zero-order chi connectivity index (χ0) is 28.4. The Labute approximate surface area is 234 Å². The maximum Gasteiger partial charge on any atom is 0.318 e. The number of ether oxygens (including phenoxy) is 1. The van der Waals surface area contributed by atoms with Gasteiger partial charge in [0.15, 0.2) is 0 Å². The number of likely N-dealkylation sites (N-methyl/N-ethyl adjacent to an activating group) is 1. The van der Waals surface area contributed by atoms with Crippen LogP contribution in [-0.2, 0) is 17.9 Å². The standard InChI is InChI=1S/C29H36FN7O3/c1-4-26(39)37-14-13-35(15-20(37)10-11-31)28-22-16-36(19(2)27-23(30)8-5-9-25(27)38)17-24(22)32-29(33-28)40-18-21-7-6-12-34(21)3/h4-5,8-9,19-21,38H,1,6-7,10,12-18H2,2-3H3/t19?,20-,21-/m0/s1. The molecule has 0 aliphatic carbocycles. The summed E-state index contributed by atoms with van der Waals surface area (Å²) in [5, 5.41) is 19.9. The van der Waals surface area contributed by atoms with Crippen molar-refractivity contribution in [2.45, 2.75) is 57.4 Å². The van der Waals surface area contributed by atoms with Crippen molar-refractivity contribution in [3.8, 4) is 17.8 Å². The molecule has 10 nitrogen and oxygen atoms in total. The number of aromatic nitrogens is 2. The van der Waals surface area contributed by atoms with Crippen molar-refractivity contribution in [3.05, 3.63) is 53.5 Å². The molecule has 2 saturated heterocycles. The predicted octanol–water partition coefficient (Wildman–Crippen LogP) is 2.99. The zero-order valence-electron chi connectivity index (χ0n) is 23.1. The van der Waals surface area contributed by atoms with Crippen LogP contribution in [0.15, 0.2) is 30.9 Å². The lowest BCUT2D eigenvalue weighted by molar-refractivity contribution is -0.128. The molecule has 40 heavy (non-hydrogen) atoms. The number of nitriles is 1. The maximum absolute atomic E-state index is 14.7. The summed E-state index contributed by atoms with van der Waals surface area (Å²) in [5.74, 6) is -0.0215. The second kappa shape index (κ2) is 11.8. The van der Waals surface area contributed by atoms with Crippen molar-refractivity contribution in [2.24, 2.45) is 0 Å². The van der Waals surface area contributed by atoms with Gasteiger partial charge in [-0.15, -0.1) is 0 Å². The van der Waals surface area contributed by atoms with E-state index < -0.39 is 11.9 Å². The Morgan fingerprint density at radius 2 is 2.12 bits per heavy atom. The summed E-state index contributed by atoms with van der Waals surface area (Å²) in [4.78, 5) is 30.2. The van der Waals surface area contributed by atoms with Crippen molar-refractivity contribution in [1.82, 2.24) is 24.7 Å². The predicted molar refractivity (Wildman–Crippen MR) is 147 cm³/mol. The van der Waals surface area contributed by atoms with Crippen LogP contribution >= 0.6 is 0 Å². The summed E-state index contributed by atoms with van der Waals surface area (Å²) >= 11 is 0. The lowest BCUT2D eigenvalue weighted by atomic mass is 10.1. The number of likely N-dealkylation sites (tertiary alicyclic amines) is 1. The normalized spacial score (nSPS) is 22.1. The van der Waals surface area contributed by atoms with Crippen molar-refractivity contribution >= 4 is 11.7 Å². The average molecular weight is 550 g/mol. The van der Waals surface area contributed by atoms with Crippen LogP contribution in [0.25, 0.3) is 0 Å². The molecule has 0 bridgehead atoms. The van der Waals surface area contributed by atoms with Gasteiger partial charge in [-0.05, 0) is 51.6 Å². The van der Waals surface area contributed by atoms with E-state index in [1.54, 1.807) is 4.90 Å². The Bertz CT molecular complexity index is 1300. The Morgan fingerprint density at radius 3 is 2.83 bits per heavy atom. The average Bonchev–Trinajstić information content (AvgIpc) is 3.56. The van der Waals surface area contributed by atoms with Crippen molar-refractivity contribution < 1.29 is 19.0 Å². The summed E-state index contributed by atoms with van der Waals surface area (Å²) in [7, 11) is 2.09. The van der Waals surface area contributed by atoms with Crippen LogP contribution in [0.2, 0.25) is 0 Å². The maximum atomic E-state index is 14.7. The molecule has 1 aromatic heterocycles. The molecule has 1 N–H and O–H groups in total. The van der Waals surface area contributed by atoms with Gasteiger partial charge in [-0.2, -0.15) is 15.2 Å². The molecule has 5 rings (SSSR count). The zero-order valence-corrected chi connectivity index (χ0v) is 23.1. The fourth-order valence-electron chi connectivity index (χ4n) is 6.06. The summed E-state index contributed by atoms with van der Waals surface area (Å²) < 4.78 is 20.9. The number of amides is 1. The van der Waals surface area contributed by atoms with Crippen LogP contribution in [0, 0.1) is 17.1 Å². The highest BCUT2D eigenvalue weighted by molar-refractivity contribution is 5.87. The Morgan fingerprint density at radius 1 is 1.30 bits per heavy atom. The highest BCUT2D eigenvalue weighted by Crippen LogP contribution is 2.39. The monoisotopic (exact) mass is 549 g/mol. The van der Waals surface area contributed by atoms with Gasteiger partial charge in [0.1, 0.15) is 24.0 Å². The number of anilines is 1. The van der Waals surface area contributed by atoms with Crippen molar-refractivity contribution in [3.63, 3.8) is 0 Å². The number of hydrogen-bond donors (Lipinski definition) is 1. The Hall–Kier alpha value is -3.75. The van der Waals surface area contributed by atoms with Crippen molar-refractivity contribution in [2.75, 3.05) is 44.7 Å². The van der Waals surface area contributed by atoms with E-state index in [2.05, 4.69) is 34.4 Å². The number of nitrogens with zero attached hydrogens (tertiary/aromatic N) is 7. The molecular formula is C29H36FN7O3. The highest BCUT2D eigenvalue weighted by atomic mass is 19.1. The molecule has 0 radical (unpaired) electrons. The van der Waals surface area contributed by atoms with Gasteiger partial charge < -0.3 is 24.5 Å². The molecule has 3 aliphatic heterocycles. The molecule has 1 unspecified atom stereocenters. The lowest BCUT2D eigenvalue weighted by Gasteiger charge is -2.41. The van der Waals surface area contributed by atoms with Gasteiger partial charge in [0.05, 0.1) is 24.2 Å². The first-order valence-electron chi connectivity index (χ1n) is 13.8. The molecule has 11 heteroatoms. The topological polar surface area (TPSA) is 109 Å². The van der Waals surface area contributed by atoms with Gasteiger partial charge in [0, 0.05) is 55.9 Å². The van der Waals surface area contributed by atoms with Crippen LogP contribution in [0.4, 0.5) is 10.2 Å². The number of fused-ring (bicyclic) bond motifs is 1. The molecule has 212 valence electrons. The Balaban J connectivity index is 1.45. The molecule has 4 heterocycles.